The summed E-state index contributed by atoms with van der Waals surface area (Å²) in [4.78, 5) is 0. The highest BCUT2D eigenvalue weighted by atomic mass is 16.3. The molecule has 5 heteroatoms. The summed E-state index contributed by atoms with van der Waals surface area (Å²) in [7, 11) is 1.91. The minimum atomic E-state index is 0.249. The summed E-state index contributed by atoms with van der Waals surface area (Å²) in [6.45, 7) is 0.883. The summed E-state index contributed by atoms with van der Waals surface area (Å²) >= 11 is 0. The van der Waals surface area contributed by atoms with Gasteiger partial charge in [-0.1, -0.05) is 5.21 Å². The molecule has 0 unspecified atom stereocenters. The van der Waals surface area contributed by atoms with E-state index in [-0.39, 0.29) is 5.75 Å². The molecule has 0 aliphatic carbocycles. The van der Waals surface area contributed by atoms with E-state index in [1.807, 2.05) is 13.2 Å². The van der Waals surface area contributed by atoms with Gasteiger partial charge >= 0.3 is 0 Å². The summed E-state index contributed by atoms with van der Waals surface area (Å²) in [6, 6.07) is 6.85. The first kappa shape index (κ1) is 10.6. The Morgan fingerprint density at radius 3 is 2.75 bits per heavy atom. The molecule has 84 valence electrons. The first-order valence-electron chi connectivity index (χ1n) is 5.15. The summed E-state index contributed by atoms with van der Waals surface area (Å²) in [5, 5.41) is 20.3. The van der Waals surface area contributed by atoms with Crippen LogP contribution < -0.4 is 5.32 Å². The van der Waals surface area contributed by atoms with Crippen molar-refractivity contribution in [1.29, 1.82) is 0 Å². The van der Waals surface area contributed by atoms with E-state index in [2.05, 4.69) is 15.6 Å². The number of likely N-dealkylation sites (N-methyl/N-ethyl adjacent to an activating group) is 1. The number of aromatic nitrogens is 3. The van der Waals surface area contributed by atoms with Gasteiger partial charge in [0.1, 0.15) is 5.75 Å². The lowest BCUT2D eigenvalue weighted by atomic mass is 10.3. The summed E-state index contributed by atoms with van der Waals surface area (Å²) in [5.41, 5.74) is 1.84. The van der Waals surface area contributed by atoms with Crippen LogP contribution in [-0.2, 0) is 6.42 Å². The average Bonchev–Trinajstić information content (AvgIpc) is 2.76. The topological polar surface area (TPSA) is 63.0 Å². The lowest BCUT2D eigenvalue weighted by molar-refractivity contribution is 0.475. The Balaban J connectivity index is 2.15. The molecule has 2 N–H and O–H groups in total. The van der Waals surface area contributed by atoms with Gasteiger partial charge in [0.25, 0.3) is 0 Å². The molecule has 0 saturated carbocycles. The van der Waals surface area contributed by atoms with Crippen molar-refractivity contribution in [1.82, 2.24) is 20.3 Å². The quantitative estimate of drug-likeness (QED) is 0.794. The van der Waals surface area contributed by atoms with E-state index in [0.717, 1.165) is 24.3 Å². The molecule has 5 nitrogen and oxygen atoms in total. The van der Waals surface area contributed by atoms with Crippen molar-refractivity contribution >= 4 is 0 Å². The van der Waals surface area contributed by atoms with Crippen LogP contribution in [0.3, 0.4) is 0 Å². The Kier molecular flexibility index (Phi) is 3.16. The Hall–Kier alpha value is -1.88. The zero-order valence-corrected chi connectivity index (χ0v) is 9.09. The van der Waals surface area contributed by atoms with Gasteiger partial charge in [0.15, 0.2) is 0 Å². The van der Waals surface area contributed by atoms with Crippen molar-refractivity contribution in [3.05, 3.63) is 36.2 Å². The third-order valence-corrected chi connectivity index (χ3v) is 2.29. The second-order valence-corrected chi connectivity index (χ2v) is 3.52. The standard InChI is InChI=1S/C11H14N4O/c1-12-7-6-9-8-15(14-13-9)10-2-4-11(16)5-3-10/h2-5,8,12,16H,6-7H2,1H3. The highest BCUT2D eigenvalue weighted by molar-refractivity contribution is 5.35. The van der Waals surface area contributed by atoms with Crippen LogP contribution >= 0.6 is 0 Å². The van der Waals surface area contributed by atoms with Crippen LogP contribution in [0.2, 0.25) is 0 Å². The molecule has 0 saturated heterocycles. The highest BCUT2D eigenvalue weighted by Crippen LogP contribution is 2.12. The van der Waals surface area contributed by atoms with Crippen LogP contribution in [0.4, 0.5) is 0 Å². The Bertz CT molecular complexity index is 449. The highest BCUT2D eigenvalue weighted by Gasteiger charge is 2.02. The molecular weight excluding hydrogens is 204 g/mol. The van der Waals surface area contributed by atoms with Crippen molar-refractivity contribution in [3.63, 3.8) is 0 Å². The van der Waals surface area contributed by atoms with Gasteiger partial charge in [-0.3, -0.25) is 0 Å². The lowest BCUT2D eigenvalue weighted by Crippen LogP contribution is -2.10. The number of nitrogens with zero attached hydrogens (tertiary/aromatic N) is 3. The number of phenolic OH excluding ortho intramolecular Hbond substituents is 1. The summed E-state index contributed by atoms with van der Waals surface area (Å²) in [5.74, 6) is 0.249. The van der Waals surface area contributed by atoms with Gasteiger partial charge in [-0.25, -0.2) is 4.68 Å². The summed E-state index contributed by atoms with van der Waals surface area (Å²) < 4.78 is 1.70. The van der Waals surface area contributed by atoms with Gasteiger partial charge in [-0.2, -0.15) is 0 Å². The van der Waals surface area contributed by atoms with Gasteiger partial charge in [-0.05, 0) is 31.3 Å². The molecule has 0 radical (unpaired) electrons. The number of hydrogen-bond acceptors (Lipinski definition) is 4. The van der Waals surface area contributed by atoms with Gasteiger partial charge in [0, 0.05) is 13.0 Å². The fraction of sp³-hybridized carbons (Fsp3) is 0.273. The van der Waals surface area contributed by atoms with Crippen molar-refractivity contribution in [2.75, 3.05) is 13.6 Å². The second-order valence-electron chi connectivity index (χ2n) is 3.52. The SMILES string of the molecule is CNCCc1cn(-c2ccc(O)cc2)nn1. The zero-order valence-electron chi connectivity index (χ0n) is 9.09. The molecule has 1 aromatic carbocycles. The van der Waals surface area contributed by atoms with E-state index in [1.165, 1.54) is 0 Å². The Morgan fingerprint density at radius 1 is 1.31 bits per heavy atom. The zero-order chi connectivity index (χ0) is 11.4. The van der Waals surface area contributed by atoms with Crippen LogP contribution in [-0.4, -0.2) is 33.7 Å². The normalized spacial score (nSPS) is 10.6. The second kappa shape index (κ2) is 4.76. The molecule has 0 atom stereocenters. The average molecular weight is 218 g/mol. The number of phenols is 1. The Morgan fingerprint density at radius 2 is 2.06 bits per heavy atom. The maximum atomic E-state index is 9.17. The molecule has 2 rings (SSSR count). The molecule has 0 fully saturated rings. The molecule has 2 aromatic rings. The molecule has 0 aliphatic heterocycles. The van der Waals surface area contributed by atoms with Crippen molar-refractivity contribution in [3.8, 4) is 11.4 Å². The van der Waals surface area contributed by atoms with E-state index in [4.69, 9.17) is 0 Å². The molecule has 1 heterocycles. The van der Waals surface area contributed by atoms with Gasteiger partial charge in [-0.15, -0.1) is 5.10 Å². The maximum Gasteiger partial charge on any atom is 0.115 e. The first-order valence-corrected chi connectivity index (χ1v) is 5.15. The van der Waals surface area contributed by atoms with Crippen molar-refractivity contribution < 1.29 is 5.11 Å². The largest absolute Gasteiger partial charge is 0.508 e. The molecule has 0 amide bonds. The van der Waals surface area contributed by atoms with Crippen LogP contribution in [0.5, 0.6) is 5.75 Å². The number of nitrogens with one attached hydrogen (secondary N) is 1. The van der Waals surface area contributed by atoms with E-state index >= 15 is 0 Å². The monoisotopic (exact) mass is 218 g/mol. The number of aromatic hydroxyl groups is 1. The molecule has 0 spiro atoms. The smallest absolute Gasteiger partial charge is 0.115 e. The number of hydrogen-bond donors (Lipinski definition) is 2. The van der Waals surface area contributed by atoms with E-state index in [0.29, 0.717) is 0 Å². The predicted molar refractivity (Wildman–Crippen MR) is 60.7 cm³/mol. The van der Waals surface area contributed by atoms with E-state index < -0.39 is 0 Å². The predicted octanol–water partition coefficient (Wildman–Crippen LogP) is 0.735. The van der Waals surface area contributed by atoms with Crippen molar-refractivity contribution in [2.24, 2.45) is 0 Å². The molecule has 1 aromatic heterocycles. The fourth-order valence-corrected chi connectivity index (χ4v) is 1.40. The van der Waals surface area contributed by atoms with E-state index in [1.54, 1.807) is 28.9 Å². The van der Waals surface area contributed by atoms with Crippen molar-refractivity contribution in [2.45, 2.75) is 6.42 Å². The molecular formula is C11H14N4O. The van der Waals surface area contributed by atoms with Gasteiger partial charge < -0.3 is 10.4 Å². The van der Waals surface area contributed by atoms with Crippen LogP contribution in [0.25, 0.3) is 5.69 Å². The van der Waals surface area contributed by atoms with Crippen LogP contribution in [0.1, 0.15) is 5.69 Å². The molecule has 0 aliphatic rings. The maximum absolute atomic E-state index is 9.17. The first-order chi connectivity index (χ1) is 7.79. The van der Waals surface area contributed by atoms with Gasteiger partial charge in [0.2, 0.25) is 0 Å². The third-order valence-electron chi connectivity index (χ3n) is 2.29. The van der Waals surface area contributed by atoms with Gasteiger partial charge in [0.05, 0.1) is 17.6 Å². The number of benzene rings is 1. The third kappa shape index (κ3) is 2.38. The van der Waals surface area contributed by atoms with Crippen LogP contribution in [0.15, 0.2) is 30.5 Å². The summed E-state index contributed by atoms with van der Waals surface area (Å²) in [6.07, 6.45) is 2.75. The number of rotatable bonds is 4. The Labute approximate surface area is 93.7 Å². The minimum Gasteiger partial charge on any atom is -0.508 e. The molecule has 16 heavy (non-hydrogen) atoms. The molecule has 0 bridgehead atoms. The fourth-order valence-electron chi connectivity index (χ4n) is 1.40. The minimum absolute atomic E-state index is 0.249. The van der Waals surface area contributed by atoms with E-state index in [9.17, 15) is 5.11 Å². The lowest BCUT2D eigenvalue weighted by Gasteiger charge is -1.99. The van der Waals surface area contributed by atoms with Crippen LogP contribution in [0, 0.1) is 0 Å².